The molecular formula is C38H38O9. The maximum Gasteiger partial charge on any atom is 0.305 e. The zero-order chi connectivity index (χ0) is 34.1. The molecule has 0 saturated carbocycles. The van der Waals surface area contributed by atoms with Crippen LogP contribution in [-0.4, -0.2) is 56.0 Å². The Kier molecular flexibility index (Phi) is 7.67. The Morgan fingerprint density at radius 3 is 2.28 bits per heavy atom. The van der Waals surface area contributed by atoms with E-state index in [0.29, 0.717) is 37.0 Å². The van der Waals surface area contributed by atoms with E-state index in [9.17, 15) is 39.6 Å². The Bertz CT molecular complexity index is 1970. The molecule has 3 aliphatic carbocycles. The number of phenols is 1. The van der Waals surface area contributed by atoms with E-state index in [-0.39, 0.29) is 42.1 Å². The lowest BCUT2D eigenvalue weighted by Crippen LogP contribution is -2.63. The molecule has 3 aromatic rings. The van der Waals surface area contributed by atoms with Crippen LogP contribution in [0.4, 0.5) is 0 Å². The third-order valence-electron chi connectivity index (χ3n) is 10.3. The highest BCUT2D eigenvalue weighted by Gasteiger charge is 2.67. The average molecular weight is 639 g/mol. The molecule has 3 aliphatic rings. The number of rotatable bonds is 7. The molecule has 0 spiro atoms. The molecule has 0 bridgehead atoms. The van der Waals surface area contributed by atoms with Gasteiger partial charge in [-0.15, -0.1) is 0 Å². The number of carbonyl (C=O) groups excluding carboxylic acids is 4. The summed E-state index contributed by atoms with van der Waals surface area (Å²) in [5.41, 5.74) is -2.79. The van der Waals surface area contributed by atoms with Gasteiger partial charge in [0.05, 0.1) is 12.2 Å². The highest BCUT2D eigenvalue weighted by Crippen LogP contribution is 2.62. The minimum atomic E-state index is -2.62. The molecule has 0 radical (unpaired) electrons. The number of hydrogen-bond acceptors (Lipinski definition) is 9. The molecule has 9 nitrogen and oxygen atoms in total. The number of ketones is 3. The molecule has 0 aliphatic heterocycles. The third kappa shape index (κ3) is 4.70. The van der Waals surface area contributed by atoms with E-state index < -0.39 is 50.9 Å². The van der Waals surface area contributed by atoms with Crippen molar-refractivity contribution in [2.45, 2.75) is 71.8 Å². The number of carbonyl (C=O) groups is 4. The highest BCUT2D eigenvalue weighted by atomic mass is 16.5. The number of aromatic hydroxyl groups is 1. The Morgan fingerprint density at radius 1 is 0.915 bits per heavy atom. The van der Waals surface area contributed by atoms with E-state index in [2.05, 4.69) is 0 Å². The molecule has 0 saturated heterocycles. The number of benzene rings is 3. The van der Waals surface area contributed by atoms with Crippen molar-refractivity contribution in [3.63, 3.8) is 0 Å². The van der Waals surface area contributed by atoms with Crippen molar-refractivity contribution in [2.75, 3.05) is 6.61 Å². The van der Waals surface area contributed by atoms with Gasteiger partial charge in [0.2, 0.25) is 5.78 Å². The maximum absolute atomic E-state index is 14.3. The van der Waals surface area contributed by atoms with Crippen LogP contribution in [0, 0.1) is 10.8 Å². The van der Waals surface area contributed by atoms with Crippen molar-refractivity contribution < 1.29 is 44.3 Å². The van der Waals surface area contributed by atoms with Gasteiger partial charge in [0.15, 0.2) is 17.2 Å². The molecule has 3 aromatic carbocycles. The summed E-state index contributed by atoms with van der Waals surface area (Å²) in [7, 11) is 0. The Hall–Kier alpha value is -4.76. The fourth-order valence-corrected chi connectivity index (χ4v) is 8.38. The maximum atomic E-state index is 14.3. The van der Waals surface area contributed by atoms with Crippen LogP contribution in [0.25, 0.3) is 21.9 Å². The molecule has 0 amide bonds. The molecule has 4 N–H and O–H groups in total. The number of esters is 1. The lowest BCUT2D eigenvalue weighted by atomic mass is 9.48. The topological polar surface area (TPSA) is 158 Å². The number of ether oxygens (including phenoxy) is 1. The van der Waals surface area contributed by atoms with Gasteiger partial charge in [-0.1, -0.05) is 56.3 Å². The van der Waals surface area contributed by atoms with Crippen molar-refractivity contribution in [3.05, 3.63) is 87.9 Å². The Balaban J connectivity index is 1.48. The molecule has 0 unspecified atom stereocenters. The number of phenolic OH excluding ortho intramolecular Hbond substituents is 1. The SMILES string of the molecule is CCOC(=O)CCCc1ccc(-c2ccc(O)c3c2C[C@@]2(C)C[C@@]4(C)CC(O)=C(C(C)=O)C(=O)[C@]4(O)C(O)=C2C3=O)c2ccccc12. The first kappa shape index (κ1) is 32.2. The zero-order valence-corrected chi connectivity index (χ0v) is 26.9. The van der Waals surface area contributed by atoms with Crippen molar-refractivity contribution in [2.24, 2.45) is 10.8 Å². The minimum absolute atomic E-state index is 0.0234. The number of Topliss-reactive ketones (excluding diaryl/α,β-unsaturated/α-hetero) is 3. The normalized spacial score (nSPS) is 25.4. The van der Waals surface area contributed by atoms with Crippen LogP contribution in [0.3, 0.4) is 0 Å². The lowest BCUT2D eigenvalue weighted by molar-refractivity contribution is -0.159. The first-order chi connectivity index (χ1) is 22.2. The van der Waals surface area contributed by atoms with Gasteiger partial charge in [0.1, 0.15) is 22.8 Å². The first-order valence-electron chi connectivity index (χ1n) is 15.9. The second-order valence-corrected chi connectivity index (χ2v) is 13.6. The van der Waals surface area contributed by atoms with E-state index >= 15 is 0 Å². The molecule has 9 heteroatoms. The predicted octanol–water partition coefficient (Wildman–Crippen LogP) is 6.17. The second kappa shape index (κ2) is 11.2. The van der Waals surface area contributed by atoms with E-state index in [1.165, 1.54) is 6.07 Å². The van der Waals surface area contributed by atoms with Gasteiger partial charge in [-0.2, -0.15) is 0 Å². The van der Waals surface area contributed by atoms with E-state index in [1.54, 1.807) is 26.8 Å². The first-order valence-corrected chi connectivity index (χ1v) is 15.9. The van der Waals surface area contributed by atoms with Gasteiger partial charge in [-0.05, 0) is 78.6 Å². The van der Waals surface area contributed by atoms with Gasteiger partial charge in [-0.3, -0.25) is 19.2 Å². The van der Waals surface area contributed by atoms with Gasteiger partial charge < -0.3 is 25.2 Å². The van der Waals surface area contributed by atoms with E-state index in [1.807, 2.05) is 36.4 Å². The molecule has 0 fully saturated rings. The standard InChI is InChI=1S/C38H38O9/c1-5-47-29(42)12-8-9-21-13-14-24(23-11-7-6-10-22(21)23)25-15-16-27(40)31-26(25)17-36(3)19-37(4)18-28(41)30(20(2)39)34(44)38(37,46)35(45)32(36)33(31)43/h6-7,10-11,13-16,40-41,45-46H,5,8-9,12,17-19H2,1-4H3/t36-,37+,38-/m0/s1. The zero-order valence-electron chi connectivity index (χ0n) is 26.9. The van der Waals surface area contributed by atoms with Gasteiger partial charge >= 0.3 is 5.97 Å². The van der Waals surface area contributed by atoms with Crippen LogP contribution in [0.15, 0.2) is 71.2 Å². The largest absolute Gasteiger partial charge is 0.511 e. The average Bonchev–Trinajstić information content (AvgIpc) is 2.99. The molecule has 244 valence electrons. The number of fused-ring (bicyclic) bond motifs is 4. The van der Waals surface area contributed by atoms with E-state index in [4.69, 9.17) is 4.74 Å². The van der Waals surface area contributed by atoms with Crippen LogP contribution in [-0.2, 0) is 32.0 Å². The number of aliphatic hydroxyl groups is 3. The molecule has 0 heterocycles. The summed E-state index contributed by atoms with van der Waals surface area (Å²) in [5, 5.41) is 47.3. The Labute approximate surface area is 272 Å². The monoisotopic (exact) mass is 638 g/mol. The minimum Gasteiger partial charge on any atom is -0.511 e. The smallest absolute Gasteiger partial charge is 0.305 e. The van der Waals surface area contributed by atoms with Crippen molar-refractivity contribution in [1.82, 2.24) is 0 Å². The summed E-state index contributed by atoms with van der Waals surface area (Å²) in [4.78, 5) is 52.2. The van der Waals surface area contributed by atoms with Gasteiger partial charge in [0, 0.05) is 29.2 Å². The fraction of sp³-hybridized carbons (Fsp3) is 0.368. The van der Waals surface area contributed by atoms with Crippen LogP contribution in [0.1, 0.15) is 74.9 Å². The van der Waals surface area contributed by atoms with Crippen LogP contribution >= 0.6 is 0 Å². The summed E-state index contributed by atoms with van der Waals surface area (Å²) in [6.07, 6.45) is 1.53. The summed E-state index contributed by atoms with van der Waals surface area (Å²) < 4.78 is 5.07. The van der Waals surface area contributed by atoms with Gasteiger partial charge in [0.25, 0.3) is 0 Å². The van der Waals surface area contributed by atoms with Crippen LogP contribution in [0.5, 0.6) is 5.75 Å². The number of aryl methyl sites for hydroxylation is 1. The molecule has 0 aromatic heterocycles. The molecule has 3 atom stereocenters. The lowest BCUT2D eigenvalue weighted by Gasteiger charge is -2.56. The molecular weight excluding hydrogens is 600 g/mol. The molecule has 6 rings (SSSR count). The number of hydrogen-bond donors (Lipinski definition) is 4. The second-order valence-electron chi connectivity index (χ2n) is 13.6. The fourth-order valence-electron chi connectivity index (χ4n) is 8.38. The van der Waals surface area contributed by atoms with E-state index in [0.717, 1.165) is 28.8 Å². The summed E-state index contributed by atoms with van der Waals surface area (Å²) in [6.45, 7) is 6.54. The molecule has 47 heavy (non-hydrogen) atoms. The Morgan fingerprint density at radius 2 is 1.60 bits per heavy atom. The van der Waals surface area contributed by atoms with Crippen molar-refractivity contribution in [3.8, 4) is 16.9 Å². The number of allylic oxidation sites excluding steroid dienone is 2. The quantitative estimate of drug-likeness (QED) is 0.175. The summed E-state index contributed by atoms with van der Waals surface area (Å²) in [6, 6.07) is 15.0. The van der Waals surface area contributed by atoms with Crippen molar-refractivity contribution in [1.29, 1.82) is 0 Å². The van der Waals surface area contributed by atoms with Crippen molar-refractivity contribution >= 4 is 34.1 Å². The van der Waals surface area contributed by atoms with Crippen LogP contribution in [0.2, 0.25) is 0 Å². The summed E-state index contributed by atoms with van der Waals surface area (Å²) >= 11 is 0. The predicted molar refractivity (Wildman–Crippen MR) is 174 cm³/mol. The summed E-state index contributed by atoms with van der Waals surface area (Å²) in [5.74, 6) is -4.44. The van der Waals surface area contributed by atoms with Crippen LogP contribution < -0.4 is 0 Å². The number of aliphatic hydroxyl groups excluding tert-OH is 2. The third-order valence-corrected chi connectivity index (χ3v) is 10.3. The van der Waals surface area contributed by atoms with Gasteiger partial charge in [-0.25, -0.2) is 0 Å². The highest BCUT2D eigenvalue weighted by molar-refractivity contribution is 6.25.